The lowest BCUT2D eigenvalue weighted by atomic mass is 9.83. The first-order chi connectivity index (χ1) is 20.5. The number of benzene rings is 3. The number of alkyl halides is 3. The van der Waals surface area contributed by atoms with Crippen LogP contribution >= 0.6 is 23.1 Å². The fraction of sp³-hybridized carbons (Fsp3) is 0.172. The van der Waals surface area contributed by atoms with Gasteiger partial charge in [0.1, 0.15) is 16.8 Å². The normalized spacial score (nSPS) is 19.6. The summed E-state index contributed by atoms with van der Waals surface area (Å²) in [6.45, 7) is -0.356. The molecule has 14 heteroatoms. The van der Waals surface area contributed by atoms with Crippen LogP contribution in [0.5, 0.6) is 5.75 Å². The number of aromatic nitrogens is 1. The number of rotatable bonds is 6. The van der Waals surface area contributed by atoms with Gasteiger partial charge in [0, 0.05) is 16.5 Å². The number of hydrogen-bond acceptors (Lipinski definition) is 7. The van der Waals surface area contributed by atoms with Crippen LogP contribution in [0.15, 0.2) is 82.6 Å². The third kappa shape index (κ3) is 5.43. The minimum Gasteiger partial charge on any atom is -0.484 e. The molecule has 3 aromatic carbocycles. The van der Waals surface area contributed by atoms with Crippen molar-refractivity contribution >= 4 is 52.2 Å². The lowest BCUT2D eigenvalue weighted by Crippen LogP contribution is -2.33. The van der Waals surface area contributed by atoms with E-state index in [0.29, 0.717) is 31.8 Å². The average molecular weight is 630 g/mol. The number of nitrogens with one attached hydrogen (secondary N) is 2. The summed E-state index contributed by atoms with van der Waals surface area (Å²) in [6.07, 6.45) is -4.80. The highest BCUT2D eigenvalue weighted by Crippen LogP contribution is 2.54. The van der Waals surface area contributed by atoms with Gasteiger partial charge in [-0.05, 0) is 54.1 Å². The Morgan fingerprint density at radius 2 is 1.65 bits per heavy atom. The number of carbonyl (C=O) groups excluding carboxylic acids is 3. The molecule has 43 heavy (non-hydrogen) atoms. The van der Waals surface area contributed by atoms with Crippen LogP contribution in [0.2, 0.25) is 0 Å². The predicted octanol–water partition coefficient (Wildman–Crippen LogP) is 5.41. The van der Waals surface area contributed by atoms with E-state index in [-0.39, 0.29) is 6.61 Å². The molecule has 3 heterocycles. The second-order valence-electron chi connectivity index (χ2n) is 9.69. The summed E-state index contributed by atoms with van der Waals surface area (Å²) in [7, 11) is 0. The third-order valence-corrected chi connectivity index (χ3v) is 9.41. The van der Waals surface area contributed by atoms with Gasteiger partial charge < -0.3 is 15.0 Å². The van der Waals surface area contributed by atoms with E-state index < -0.39 is 62.9 Å². The maximum absolute atomic E-state index is 13.8. The van der Waals surface area contributed by atoms with Crippen LogP contribution in [-0.2, 0) is 20.6 Å². The molecule has 4 aromatic rings. The molecule has 6 rings (SSSR count). The molecule has 8 nitrogen and oxygen atoms in total. The largest absolute Gasteiger partial charge is 0.484 e. The molecule has 1 aromatic heterocycles. The lowest BCUT2D eigenvalue weighted by Gasteiger charge is -2.29. The van der Waals surface area contributed by atoms with Gasteiger partial charge in [-0.2, -0.15) is 13.2 Å². The SMILES string of the molecule is O=C(COc1ccc(C2c3sc(=O)[nH]c3SC3C(=O)N(c4ccccc4C(F)(F)F)C(=O)C32)cc1)Nc1ccc(F)cc1. The number of carbonyl (C=O) groups is 3. The maximum Gasteiger partial charge on any atom is 0.418 e. The standard InChI is InChI=1S/C29H19F4N3O5S2/c30-15-7-9-16(10-8-15)34-20(37)13-41-17-11-5-14(6-12-17)21-22-24(42-25-23(21)43-28(40)35-25)27(39)36(26(22)38)19-4-2-1-3-18(19)29(31,32)33/h1-12,21-22,24H,13H2,(H,34,37)(H,35,40). The molecule has 1 fully saturated rings. The van der Waals surface area contributed by atoms with Crippen molar-refractivity contribution in [3.63, 3.8) is 0 Å². The first-order valence-electron chi connectivity index (χ1n) is 12.7. The van der Waals surface area contributed by atoms with Crippen molar-refractivity contribution in [2.24, 2.45) is 5.92 Å². The zero-order valence-corrected chi connectivity index (χ0v) is 23.3. The highest BCUT2D eigenvalue weighted by atomic mass is 32.2. The maximum atomic E-state index is 13.8. The number of imide groups is 1. The summed E-state index contributed by atoms with van der Waals surface area (Å²) in [5.74, 6) is -4.11. The number of thiazole rings is 1. The Morgan fingerprint density at radius 3 is 2.35 bits per heavy atom. The number of hydrogen-bond donors (Lipinski definition) is 2. The number of fused-ring (bicyclic) bond motifs is 2. The van der Waals surface area contributed by atoms with Crippen molar-refractivity contribution in [1.82, 2.24) is 4.98 Å². The highest BCUT2D eigenvalue weighted by Gasteiger charge is 2.57. The Hall–Kier alpha value is -4.43. The van der Waals surface area contributed by atoms with E-state index in [1.54, 1.807) is 24.3 Å². The lowest BCUT2D eigenvalue weighted by molar-refractivity contribution is -0.137. The van der Waals surface area contributed by atoms with Crippen LogP contribution in [0.3, 0.4) is 0 Å². The number of para-hydroxylation sites is 1. The zero-order chi connectivity index (χ0) is 30.5. The summed E-state index contributed by atoms with van der Waals surface area (Å²) < 4.78 is 60.1. The fourth-order valence-corrected chi connectivity index (χ4v) is 7.69. The topological polar surface area (TPSA) is 109 Å². The molecule has 2 aliphatic rings. The van der Waals surface area contributed by atoms with Gasteiger partial charge in [0.2, 0.25) is 11.8 Å². The van der Waals surface area contributed by atoms with Gasteiger partial charge in [-0.25, -0.2) is 9.29 Å². The average Bonchev–Trinajstić information content (AvgIpc) is 3.47. The second-order valence-corrected chi connectivity index (χ2v) is 11.9. The van der Waals surface area contributed by atoms with Gasteiger partial charge in [0.25, 0.3) is 5.91 Å². The number of thioether (sulfide) groups is 1. The molecular weight excluding hydrogens is 610 g/mol. The quantitative estimate of drug-likeness (QED) is 0.218. The Kier molecular flexibility index (Phi) is 7.34. The van der Waals surface area contributed by atoms with Crippen molar-refractivity contribution in [2.45, 2.75) is 22.4 Å². The van der Waals surface area contributed by atoms with Crippen molar-refractivity contribution in [3.8, 4) is 5.75 Å². The highest BCUT2D eigenvalue weighted by molar-refractivity contribution is 8.00. The molecule has 3 atom stereocenters. The fourth-order valence-electron chi connectivity index (χ4n) is 5.17. The van der Waals surface area contributed by atoms with Crippen LogP contribution in [0.4, 0.5) is 28.9 Å². The van der Waals surface area contributed by atoms with Gasteiger partial charge in [-0.3, -0.25) is 19.2 Å². The number of aromatic amines is 1. The van der Waals surface area contributed by atoms with Crippen molar-refractivity contribution in [2.75, 3.05) is 16.8 Å². The number of H-pyrrole nitrogens is 1. The molecule has 0 radical (unpaired) electrons. The third-order valence-electron chi connectivity index (χ3n) is 7.01. The summed E-state index contributed by atoms with van der Waals surface area (Å²) >= 11 is 1.83. The van der Waals surface area contributed by atoms with Crippen molar-refractivity contribution in [1.29, 1.82) is 0 Å². The van der Waals surface area contributed by atoms with Crippen LogP contribution < -0.4 is 19.8 Å². The van der Waals surface area contributed by atoms with E-state index in [2.05, 4.69) is 10.3 Å². The van der Waals surface area contributed by atoms with Crippen LogP contribution in [0.1, 0.15) is 21.9 Å². The summed E-state index contributed by atoms with van der Waals surface area (Å²) in [5.41, 5.74) is -0.732. The number of halogens is 4. The molecule has 1 saturated heterocycles. The Balaban J connectivity index is 1.27. The number of anilines is 2. The zero-order valence-electron chi connectivity index (χ0n) is 21.7. The van der Waals surface area contributed by atoms with E-state index in [9.17, 15) is 36.7 Å². The van der Waals surface area contributed by atoms with Gasteiger partial charge in [-0.1, -0.05) is 47.4 Å². The first kappa shape index (κ1) is 28.7. The van der Waals surface area contributed by atoms with Gasteiger partial charge in [0.15, 0.2) is 6.61 Å². The summed E-state index contributed by atoms with van der Waals surface area (Å²) in [4.78, 5) is 55.2. The first-order valence-corrected chi connectivity index (χ1v) is 14.4. The molecule has 2 aliphatic heterocycles. The molecule has 220 valence electrons. The monoisotopic (exact) mass is 629 g/mol. The summed E-state index contributed by atoms with van der Waals surface area (Å²) in [5, 5.41) is 1.89. The Labute approximate surface area is 248 Å². The molecule has 3 amide bonds. The van der Waals surface area contributed by atoms with E-state index in [1.807, 2.05) is 0 Å². The van der Waals surface area contributed by atoms with E-state index in [1.165, 1.54) is 36.4 Å². The van der Waals surface area contributed by atoms with Crippen LogP contribution in [0, 0.1) is 11.7 Å². The molecule has 0 spiro atoms. The van der Waals surface area contributed by atoms with E-state index >= 15 is 0 Å². The van der Waals surface area contributed by atoms with Gasteiger partial charge >= 0.3 is 11.0 Å². The van der Waals surface area contributed by atoms with Crippen molar-refractivity contribution in [3.05, 3.63) is 104 Å². The number of ether oxygens (including phenoxy) is 1. The number of amides is 3. The van der Waals surface area contributed by atoms with E-state index in [0.717, 1.165) is 35.2 Å². The Morgan fingerprint density at radius 1 is 0.953 bits per heavy atom. The molecule has 2 N–H and O–H groups in total. The van der Waals surface area contributed by atoms with E-state index in [4.69, 9.17) is 4.74 Å². The molecule has 0 bridgehead atoms. The van der Waals surface area contributed by atoms with Crippen molar-refractivity contribution < 1.29 is 36.7 Å². The minimum absolute atomic E-state index is 0.303. The second kappa shape index (κ2) is 11.0. The Bertz CT molecular complexity index is 1790. The molecule has 0 saturated carbocycles. The molecular formula is C29H19F4N3O5S2. The summed E-state index contributed by atoms with van der Waals surface area (Å²) in [6, 6.07) is 15.9. The predicted molar refractivity (Wildman–Crippen MR) is 151 cm³/mol. The smallest absolute Gasteiger partial charge is 0.418 e. The number of nitrogens with zero attached hydrogens (tertiary/aromatic N) is 1. The van der Waals surface area contributed by atoms with Gasteiger partial charge in [0.05, 0.1) is 22.2 Å². The van der Waals surface area contributed by atoms with Gasteiger partial charge in [-0.15, -0.1) is 0 Å². The minimum atomic E-state index is -4.80. The van der Waals surface area contributed by atoms with Crippen LogP contribution in [-0.4, -0.2) is 34.6 Å². The van der Waals surface area contributed by atoms with Crippen LogP contribution in [0.25, 0.3) is 0 Å². The molecule has 3 unspecified atom stereocenters. The molecule has 0 aliphatic carbocycles.